The highest BCUT2D eigenvalue weighted by Crippen LogP contribution is 2.29. The Morgan fingerprint density at radius 3 is 2.47 bits per heavy atom. The van der Waals surface area contributed by atoms with Crippen molar-refractivity contribution >= 4 is 11.5 Å². The molecule has 0 amide bonds. The Morgan fingerprint density at radius 1 is 1.47 bits per heavy atom. The van der Waals surface area contributed by atoms with E-state index in [9.17, 15) is 28.1 Å². The third-order valence-electron chi connectivity index (χ3n) is 1.82. The van der Waals surface area contributed by atoms with Gasteiger partial charge in [0.05, 0.1) is 11.0 Å². The van der Waals surface area contributed by atoms with Crippen LogP contribution in [0.15, 0.2) is 12.1 Å². The van der Waals surface area contributed by atoms with Crippen LogP contribution in [0.25, 0.3) is 0 Å². The molecule has 0 saturated carbocycles. The minimum Gasteiger partial charge on any atom is -0.434 e. The highest BCUT2D eigenvalue weighted by Gasteiger charge is 2.24. The number of Topliss-reactive ketones (excluding diaryl/α,β-unsaturated/α-hetero) is 1. The third kappa shape index (κ3) is 2.92. The van der Waals surface area contributed by atoms with E-state index in [1.165, 1.54) is 0 Å². The second-order valence-electron chi connectivity index (χ2n) is 2.99. The van der Waals surface area contributed by atoms with Gasteiger partial charge in [0.1, 0.15) is 17.1 Å². The number of ketones is 1. The summed E-state index contributed by atoms with van der Waals surface area (Å²) in [6.45, 7) is -2.31. The lowest BCUT2D eigenvalue weighted by molar-refractivity contribution is -0.385. The summed E-state index contributed by atoms with van der Waals surface area (Å²) >= 11 is 0. The fourth-order valence-corrected chi connectivity index (χ4v) is 1.23. The molecule has 0 aliphatic heterocycles. The quantitative estimate of drug-likeness (QED) is 0.467. The number of rotatable bonds is 4. The Bertz CT molecular complexity index is 476. The summed E-state index contributed by atoms with van der Waals surface area (Å²) in [7, 11) is 0. The molecule has 17 heavy (non-hydrogen) atoms. The van der Waals surface area contributed by atoms with Crippen molar-refractivity contribution in [2.45, 2.75) is 13.5 Å². The number of carbonyl (C=O) groups is 1. The number of nitro groups is 1. The molecule has 1 aromatic carbocycles. The molecule has 0 spiro atoms. The van der Waals surface area contributed by atoms with Crippen LogP contribution in [0.1, 0.15) is 17.3 Å². The van der Waals surface area contributed by atoms with E-state index in [4.69, 9.17) is 0 Å². The average Bonchev–Trinajstić information content (AvgIpc) is 2.14. The minimum atomic E-state index is -3.24. The Hall–Kier alpha value is -2.12. The number of nitrogens with zero attached hydrogens (tertiary/aromatic N) is 1. The molecule has 0 N–H and O–H groups in total. The number of hydrogen-bond acceptors (Lipinski definition) is 4. The van der Waals surface area contributed by atoms with Gasteiger partial charge in [-0.15, -0.1) is 0 Å². The molecular weight excluding hydrogens is 243 g/mol. The fraction of sp³-hybridized carbons (Fsp3) is 0.222. The van der Waals surface area contributed by atoms with Crippen LogP contribution in [0.3, 0.4) is 0 Å². The zero-order valence-corrected chi connectivity index (χ0v) is 8.45. The van der Waals surface area contributed by atoms with Crippen molar-refractivity contribution in [1.82, 2.24) is 0 Å². The van der Waals surface area contributed by atoms with Gasteiger partial charge in [-0.3, -0.25) is 14.9 Å². The molecule has 0 aromatic heterocycles. The van der Waals surface area contributed by atoms with Crippen LogP contribution in [-0.2, 0) is 0 Å². The molecule has 0 atom stereocenters. The molecule has 0 radical (unpaired) electrons. The van der Waals surface area contributed by atoms with E-state index in [0.29, 0.717) is 12.1 Å². The van der Waals surface area contributed by atoms with Crippen molar-refractivity contribution in [2.75, 3.05) is 0 Å². The van der Waals surface area contributed by atoms with Gasteiger partial charge >= 0.3 is 6.61 Å². The average molecular weight is 249 g/mol. The summed E-state index contributed by atoms with van der Waals surface area (Å²) in [5.74, 6) is -2.87. The van der Waals surface area contributed by atoms with Crippen LogP contribution in [-0.4, -0.2) is 17.3 Å². The number of ether oxygens (including phenoxy) is 1. The summed E-state index contributed by atoms with van der Waals surface area (Å²) in [5.41, 5.74) is -1.68. The van der Waals surface area contributed by atoms with Gasteiger partial charge in [-0.05, 0) is 6.92 Å². The van der Waals surface area contributed by atoms with Crippen molar-refractivity contribution < 1.29 is 27.6 Å². The topological polar surface area (TPSA) is 69.4 Å². The van der Waals surface area contributed by atoms with Gasteiger partial charge in [0.25, 0.3) is 5.69 Å². The normalized spacial score (nSPS) is 10.4. The van der Waals surface area contributed by atoms with E-state index in [1.807, 2.05) is 0 Å². The molecule has 0 heterocycles. The van der Waals surface area contributed by atoms with E-state index in [0.717, 1.165) is 6.92 Å². The molecule has 0 bridgehead atoms. The van der Waals surface area contributed by atoms with E-state index in [-0.39, 0.29) is 0 Å². The Morgan fingerprint density at radius 2 is 2.06 bits per heavy atom. The maximum atomic E-state index is 13.3. The number of alkyl halides is 2. The summed E-state index contributed by atoms with van der Waals surface area (Å²) in [6.07, 6.45) is 0. The number of benzene rings is 1. The largest absolute Gasteiger partial charge is 0.434 e. The molecule has 1 rings (SSSR count). The lowest BCUT2D eigenvalue weighted by Gasteiger charge is -2.06. The maximum Gasteiger partial charge on any atom is 0.387 e. The van der Waals surface area contributed by atoms with Crippen molar-refractivity contribution in [3.05, 3.63) is 33.6 Å². The Labute approximate surface area is 93.0 Å². The fourth-order valence-electron chi connectivity index (χ4n) is 1.23. The van der Waals surface area contributed by atoms with Crippen molar-refractivity contribution in [1.29, 1.82) is 0 Å². The van der Waals surface area contributed by atoms with E-state index in [2.05, 4.69) is 4.74 Å². The summed E-state index contributed by atoms with van der Waals surface area (Å²) < 4.78 is 40.9. The Kier molecular flexibility index (Phi) is 3.66. The zero-order chi connectivity index (χ0) is 13.2. The van der Waals surface area contributed by atoms with Crippen LogP contribution in [0.4, 0.5) is 18.9 Å². The molecule has 0 unspecified atom stereocenters. The zero-order valence-electron chi connectivity index (χ0n) is 8.45. The minimum absolute atomic E-state index is 0.496. The predicted octanol–water partition coefficient (Wildman–Crippen LogP) is 2.54. The standard InChI is InChI=1S/C9H6F3NO4/c1-4(14)8-6(10)2-5(17-9(11)12)3-7(8)13(15)16/h2-3,9H,1H3. The first-order valence-electron chi connectivity index (χ1n) is 4.26. The molecule has 8 heteroatoms. The summed E-state index contributed by atoms with van der Waals surface area (Å²) in [5, 5.41) is 10.6. The molecule has 0 aliphatic rings. The second-order valence-corrected chi connectivity index (χ2v) is 2.99. The SMILES string of the molecule is CC(=O)c1c(F)cc(OC(F)F)cc1[N+](=O)[O-]. The van der Waals surface area contributed by atoms with E-state index >= 15 is 0 Å². The monoisotopic (exact) mass is 249 g/mol. The smallest absolute Gasteiger partial charge is 0.387 e. The number of hydrogen-bond donors (Lipinski definition) is 0. The maximum absolute atomic E-state index is 13.3. The third-order valence-corrected chi connectivity index (χ3v) is 1.82. The highest BCUT2D eigenvalue weighted by molar-refractivity contribution is 5.98. The van der Waals surface area contributed by atoms with Gasteiger partial charge in [0.2, 0.25) is 0 Å². The molecular formula is C9H6F3NO4. The van der Waals surface area contributed by atoms with E-state index in [1.54, 1.807) is 0 Å². The van der Waals surface area contributed by atoms with Crippen molar-refractivity contribution in [2.24, 2.45) is 0 Å². The first kappa shape index (κ1) is 12.9. The number of nitro benzene ring substituents is 1. The molecule has 0 saturated heterocycles. The highest BCUT2D eigenvalue weighted by atomic mass is 19.3. The molecule has 92 valence electrons. The summed E-state index contributed by atoms with van der Waals surface area (Å²) in [4.78, 5) is 20.5. The van der Waals surface area contributed by atoms with Gasteiger partial charge in [-0.1, -0.05) is 0 Å². The van der Waals surface area contributed by atoms with Gasteiger partial charge in [0.15, 0.2) is 5.78 Å². The lowest BCUT2D eigenvalue weighted by Crippen LogP contribution is -2.07. The van der Waals surface area contributed by atoms with Gasteiger partial charge in [-0.25, -0.2) is 4.39 Å². The second kappa shape index (κ2) is 4.81. The van der Waals surface area contributed by atoms with Gasteiger partial charge in [0, 0.05) is 6.07 Å². The number of halogens is 3. The van der Waals surface area contributed by atoms with Crippen molar-refractivity contribution in [3.63, 3.8) is 0 Å². The number of carbonyl (C=O) groups excluding carboxylic acids is 1. The van der Waals surface area contributed by atoms with Crippen LogP contribution < -0.4 is 4.74 Å². The van der Waals surface area contributed by atoms with Crippen LogP contribution >= 0.6 is 0 Å². The van der Waals surface area contributed by atoms with E-state index < -0.39 is 40.1 Å². The van der Waals surface area contributed by atoms with Gasteiger partial charge < -0.3 is 4.74 Å². The van der Waals surface area contributed by atoms with Crippen LogP contribution in [0, 0.1) is 15.9 Å². The Balaban J connectivity index is 3.36. The first-order valence-corrected chi connectivity index (χ1v) is 4.26. The van der Waals surface area contributed by atoms with Gasteiger partial charge in [-0.2, -0.15) is 8.78 Å². The first-order chi connectivity index (χ1) is 7.82. The molecule has 0 fully saturated rings. The van der Waals surface area contributed by atoms with Crippen molar-refractivity contribution in [3.8, 4) is 5.75 Å². The van der Waals surface area contributed by atoms with Crippen LogP contribution in [0.5, 0.6) is 5.75 Å². The van der Waals surface area contributed by atoms with Crippen LogP contribution in [0.2, 0.25) is 0 Å². The predicted molar refractivity (Wildman–Crippen MR) is 49.7 cm³/mol. The summed E-state index contributed by atoms with van der Waals surface area (Å²) in [6, 6.07) is 1.07. The molecule has 5 nitrogen and oxygen atoms in total. The molecule has 1 aromatic rings. The molecule has 0 aliphatic carbocycles. The lowest BCUT2D eigenvalue weighted by atomic mass is 10.1.